The molecule has 1 amide bonds. The quantitative estimate of drug-likeness (QED) is 0.697. The van der Waals surface area contributed by atoms with Crippen LogP contribution in [0.2, 0.25) is 0 Å². The smallest absolute Gasteiger partial charge is 0.315 e. The topological polar surface area (TPSA) is 71.7 Å². The Labute approximate surface area is 154 Å². The third-order valence-electron chi connectivity index (χ3n) is 3.94. The highest BCUT2D eigenvalue weighted by Crippen LogP contribution is 2.30. The lowest BCUT2D eigenvalue weighted by atomic mass is 10.1. The van der Waals surface area contributed by atoms with Crippen LogP contribution < -0.4 is 15.4 Å². The second kappa shape index (κ2) is 5.79. The van der Waals surface area contributed by atoms with Gasteiger partial charge in [-0.25, -0.2) is 9.56 Å². The number of rotatable bonds is 2. The minimum absolute atomic E-state index is 0.233. The Kier molecular flexibility index (Phi) is 3.70. The van der Waals surface area contributed by atoms with Gasteiger partial charge in [-0.05, 0) is 42.8 Å². The third kappa shape index (κ3) is 2.56. The molecule has 7 heteroatoms. The lowest BCUT2D eigenvalue weighted by Gasteiger charge is -2.05. The summed E-state index contributed by atoms with van der Waals surface area (Å²) in [7, 11) is 0. The summed E-state index contributed by atoms with van der Waals surface area (Å²) >= 11 is 4.21. The van der Waals surface area contributed by atoms with Crippen LogP contribution in [0.4, 0.5) is 0 Å². The molecule has 0 bridgehead atoms. The van der Waals surface area contributed by atoms with Crippen LogP contribution in [0.3, 0.4) is 0 Å². The molecule has 1 aliphatic rings. The number of hydrogen-bond acceptors (Lipinski definition) is 4. The van der Waals surface area contributed by atoms with Crippen LogP contribution in [-0.4, -0.2) is 15.6 Å². The van der Waals surface area contributed by atoms with Gasteiger partial charge in [0, 0.05) is 9.69 Å². The predicted molar refractivity (Wildman–Crippen MR) is 98.8 cm³/mol. The number of aromatic nitrogens is 1. The Morgan fingerprint density at radius 1 is 1.16 bits per heavy atom. The number of halogens is 1. The minimum Gasteiger partial charge on any atom is -0.493 e. The van der Waals surface area contributed by atoms with Crippen LogP contribution >= 0.6 is 27.3 Å². The maximum Gasteiger partial charge on any atom is 0.315 e. The average molecular weight is 415 g/mol. The summed E-state index contributed by atoms with van der Waals surface area (Å²) in [5, 5.41) is 11.8. The van der Waals surface area contributed by atoms with Crippen LogP contribution in [0.15, 0.2) is 56.7 Å². The fourth-order valence-electron chi connectivity index (χ4n) is 2.83. The van der Waals surface area contributed by atoms with Gasteiger partial charge in [-0.3, -0.25) is 9.59 Å². The van der Waals surface area contributed by atoms with E-state index in [1.165, 1.54) is 4.57 Å². The highest BCUT2D eigenvalue weighted by Gasteiger charge is 2.26. The van der Waals surface area contributed by atoms with Crippen LogP contribution in [0, 0.1) is 6.92 Å². The lowest BCUT2D eigenvalue weighted by molar-refractivity contribution is -0.112. The number of nitrogens with zero attached hydrogens (tertiary/aromatic N) is 2. The van der Waals surface area contributed by atoms with Gasteiger partial charge in [-0.15, -0.1) is 0 Å². The second-order valence-corrected chi connectivity index (χ2v) is 7.53. The first-order chi connectivity index (χ1) is 12.0. The second-order valence-electron chi connectivity index (χ2n) is 5.65. The normalized spacial score (nSPS) is 13.0. The highest BCUT2D eigenvalue weighted by molar-refractivity contribution is 9.10. The van der Waals surface area contributed by atoms with E-state index in [-0.39, 0.29) is 21.2 Å². The van der Waals surface area contributed by atoms with E-state index in [4.69, 9.17) is 0 Å². The molecule has 2 aromatic carbocycles. The SMILES string of the molecule is Cc1cccc(-n2c(O)c(C3=c4cc(Br)ccc4=NC3=O)sc2=O)c1. The van der Waals surface area contributed by atoms with Crippen molar-refractivity contribution in [3.05, 3.63) is 77.6 Å². The van der Waals surface area contributed by atoms with E-state index in [9.17, 15) is 14.7 Å². The number of fused-ring (bicyclic) bond motifs is 1. The molecule has 0 saturated carbocycles. The number of carbonyl (C=O) groups excluding carboxylic acids is 1. The predicted octanol–water partition coefficient (Wildman–Crippen LogP) is 2.03. The monoisotopic (exact) mass is 414 g/mol. The molecule has 0 saturated heterocycles. The molecule has 1 N–H and O–H groups in total. The Hall–Kier alpha value is -2.51. The van der Waals surface area contributed by atoms with E-state index < -0.39 is 5.91 Å². The number of amides is 1. The van der Waals surface area contributed by atoms with E-state index in [2.05, 4.69) is 20.9 Å². The molecule has 0 radical (unpaired) electrons. The van der Waals surface area contributed by atoms with Gasteiger partial charge in [0.2, 0.25) is 5.88 Å². The number of hydrogen-bond donors (Lipinski definition) is 1. The lowest BCUT2D eigenvalue weighted by Crippen LogP contribution is -2.22. The largest absolute Gasteiger partial charge is 0.493 e. The van der Waals surface area contributed by atoms with E-state index in [1.807, 2.05) is 19.1 Å². The van der Waals surface area contributed by atoms with Crippen LogP contribution in [-0.2, 0) is 4.79 Å². The molecular weight excluding hydrogens is 404 g/mol. The van der Waals surface area contributed by atoms with Crippen molar-refractivity contribution in [1.29, 1.82) is 0 Å². The Morgan fingerprint density at radius 3 is 2.72 bits per heavy atom. The van der Waals surface area contributed by atoms with Crippen molar-refractivity contribution in [2.75, 3.05) is 0 Å². The summed E-state index contributed by atoms with van der Waals surface area (Å²) in [4.78, 5) is 28.7. The number of carbonyl (C=O) groups is 1. The summed E-state index contributed by atoms with van der Waals surface area (Å²) in [6, 6.07) is 12.5. The van der Waals surface area contributed by atoms with E-state index in [1.54, 1.807) is 30.3 Å². The summed E-state index contributed by atoms with van der Waals surface area (Å²) in [5.41, 5.74) is 1.77. The van der Waals surface area contributed by atoms with Crippen molar-refractivity contribution >= 4 is 38.7 Å². The zero-order valence-electron chi connectivity index (χ0n) is 13.0. The van der Waals surface area contributed by atoms with Gasteiger partial charge in [0.15, 0.2) is 0 Å². The Bertz CT molecular complexity index is 1220. The first-order valence-corrected chi connectivity index (χ1v) is 9.02. The molecule has 3 aromatic rings. The van der Waals surface area contributed by atoms with Crippen LogP contribution in [0.1, 0.15) is 10.4 Å². The van der Waals surface area contributed by atoms with E-state index in [0.29, 0.717) is 16.3 Å². The zero-order valence-corrected chi connectivity index (χ0v) is 15.4. The van der Waals surface area contributed by atoms with Gasteiger partial charge >= 0.3 is 4.87 Å². The number of aromatic hydroxyl groups is 1. The summed E-state index contributed by atoms with van der Waals surface area (Å²) in [5.74, 6) is -0.701. The van der Waals surface area contributed by atoms with E-state index in [0.717, 1.165) is 21.4 Å². The third-order valence-corrected chi connectivity index (χ3v) is 5.38. The number of benzene rings is 2. The van der Waals surface area contributed by atoms with Gasteiger partial charge < -0.3 is 5.11 Å². The molecule has 124 valence electrons. The van der Waals surface area contributed by atoms with Crippen LogP contribution in [0.5, 0.6) is 5.88 Å². The van der Waals surface area contributed by atoms with Crippen molar-refractivity contribution in [2.45, 2.75) is 6.92 Å². The molecule has 0 aliphatic carbocycles. The van der Waals surface area contributed by atoms with Crippen molar-refractivity contribution in [3.8, 4) is 11.6 Å². The maximum atomic E-state index is 12.5. The Morgan fingerprint density at radius 2 is 1.96 bits per heavy atom. The fraction of sp³-hybridized carbons (Fsp3) is 0.0556. The molecule has 0 spiro atoms. The van der Waals surface area contributed by atoms with Crippen molar-refractivity contribution < 1.29 is 9.90 Å². The van der Waals surface area contributed by atoms with Crippen molar-refractivity contribution in [2.24, 2.45) is 4.99 Å². The summed E-state index contributed by atoms with van der Waals surface area (Å²) in [6.07, 6.45) is 0. The minimum atomic E-state index is -0.457. The molecule has 0 unspecified atom stereocenters. The standard InChI is InChI=1S/C18H11BrN2O3S/c1-9-3-2-4-11(7-9)21-17(23)15(25-18(21)24)14-12-8-10(19)5-6-13(12)20-16(14)22/h2-8,23H,1H3. The molecule has 4 rings (SSSR count). The van der Waals surface area contributed by atoms with Gasteiger partial charge in [0.25, 0.3) is 5.91 Å². The van der Waals surface area contributed by atoms with Gasteiger partial charge in [0.1, 0.15) is 4.88 Å². The van der Waals surface area contributed by atoms with Crippen molar-refractivity contribution in [3.63, 3.8) is 0 Å². The van der Waals surface area contributed by atoms with Crippen LogP contribution in [0.25, 0.3) is 11.3 Å². The molecule has 5 nitrogen and oxygen atoms in total. The van der Waals surface area contributed by atoms with E-state index >= 15 is 0 Å². The van der Waals surface area contributed by atoms with Crippen molar-refractivity contribution in [1.82, 2.24) is 4.57 Å². The molecule has 1 aliphatic heterocycles. The zero-order chi connectivity index (χ0) is 17.7. The molecule has 2 heterocycles. The molecule has 0 fully saturated rings. The molecular formula is C18H11BrN2O3S. The van der Waals surface area contributed by atoms with Gasteiger partial charge in [-0.1, -0.05) is 39.4 Å². The Balaban J connectivity index is 2.02. The molecule has 1 aromatic heterocycles. The van der Waals surface area contributed by atoms with Gasteiger partial charge in [-0.2, -0.15) is 0 Å². The summed E-state index contributed by atoms with van der Waals surface area (Å²) in [6.45, 7) is 1.90. The number of thiazole rings is 1. The maximum absolute atomic E-state index is 12.5. The highest BCUT2D eigenvalue weighted by atomic mass is 79.9. The number of aryl methyl sites for hydroxylation is 1. The van der Waals surface area contributed by atoms with Gasteiger partial charge in [0.05, 0.1) is 16.6 Å². The first kappa shape index (κ1) is 16.0. The molecule has 0 atom stereocenters. The molecule has 25 heavy (non-hydrogen) atoms. The summed E-state index contributed by atoms with van der Waals surface area (Å²) < 4.78 is 2.00. The fourth-order valence-corrected chi connectivity index (χ4v) is 4.13. The average Bonchev–Trinajstić information content (AvgIpc) is 3.02. The first-order valence-electron chi connectivity index (χ1n) is 7.41.